The van der Waals surface area contributed by atoms with Gasteiger partial charge in [-0.25, -0.2) is 4.39 Å². The molecule has 1 aromatic carbocycles. The first-order chi connectivity index (χ1) is 12.2. The first kappa shape index (κ1) is 18.8. The Morgan fingerprint density at radius 1 is 1.15 bits per heavy atom. The number of hydrogen-bond donors (Lipinski definition) is 1. The van der Waals surface area contributed by atoms with Crippen LogP contribution in [-0.2, 0) is 0 Å². The van der Waals surface area contributed by atoms with Gasteiger partial charge in [0, 0.05) is 19.1 Å². The molecule has 1 saturated heterocycles. The third-order valence-corrected chi connectivity index (χ3v) is 4.94. The molecule has 1 aliphatic carbocycles. The number of hydrogen-bond acceptors (Lipinski definition) is 4. The van der Waals surface area contributed by atoms with Crippen molar-refractivity contribution in [3.05, 3.63) is 42.0 Å². The number of carbonyl (C=O) groups is 1. The molecule has 1 aromatic heterocycles. The van der Waals surface area contributed by atoms with Crippen LogP contribution in [0.1, 0.15) is 36.2 Å². The fourth-order valence-corrected chi connectivity index (χ4v) is 3.16. The summed E-state index contributed by atoms with van der Waals surface area (Å²) >= 11 is 0. The van der Waals surface area contributed by atoms with E-state index in [9.17, 15) is 9.18 Å². The number of amides is 1. The lowest BCUT2D eigenvalue weighted by Gasteiger charge is -2.32. The van der Waals surface area contributed by atoms with E-state index >= 15 is 0 Å². The van der Waals surface area contributed by atoms with Crippen molar-refractivity contribution in [3.63, 3.8) is 0 Å². The summed E-state index contributed by atoms with van der Waals surface area (Å²) in [6, 6.07) is 6.38. The maximum absolute atomic E-state index is 13.0. The number of halogens is 2. The molecule has 8 heteroatoms. The zero-order chi connectivity index (χ0) is 17.2. The van der Waals surface area contributed by atoms with Crippen LogP contribution in [0.2, 0.25) is 0 Å². The van der Waals surface area contributed by atoms with Gasteiger partial charge in [0.25, 0.3) is 5.91 Å². The van der Waals surface area contributed by atoms with Crippen LogP contribution in [-0.4, -0.2) is 51.5 Å². The second-order valence-electron chi connectivity index (χ2n) is 6.91. The smallest absolute Gasteiger partial charge is 0.276 e. The Morgan fingerprint density at radius 2 is 1.85 bits per heavy atom. The third-order valence-electron chi connectivity index (χ3n) is 4.94. The van der Waals surface area contributed by atoms with Crippen LogP contribution < -0.4 is 5.32 Å². The summed E-state index contributed by atoms with van der Waals surface area (Å²) in [5.74, 6) is 0.473. The zero-order valence-electron chi connectivity index (χ0n) is 14.5. The van der Waals surface area contributed by atoms with E-state index in [1.54, 1.807) is 12.1 Å². The van der Waals surface area contributed by atoms with Gasteiger partial charge in [-0.15, -0.1) is 17.5 Å². The highest BCUT2D eigenvalue weighted by Crippen LogP contribution is 2.28. The van der Waals surface area contributed by atoms with Gasteiger partial charge in [-0.05, 0) is 62.4 Å². The number of nitrogens with one attached hydrogen (secondary N) is 1. The fourth-order valence-electron chi connectivity index (χ4n) is 3.16. The minimum Gasteiger partial charge on any atom is -0.337 e. The van der Waals surface area contributed by atoms with E-state index in [2.05, 4.69) is 15.5 Å². The van der Waals surface area contributed by atoms with Gasteiger partial charge in [0.05, 0.1) is 11.9 Å². The monoisotopic (exact) mass is 379 g/mol. The quantitative estimate of drug-likeness (QED) is 0.866. The molecule has 1 saturated carbocycles. The maximum Gasteiger partial charge on any atom is 0.276 e. The molecule has 4 rings (SSSR count). The minimum absolute atomic E-state index is 0. The normalized spacial score (nSPS) is 17.8. The van der Waals surface area contributed by atoms with E-state index < -0.39 is 0 Å². The van der Waals surface area contributed by atoms with Gasteiger partial charge in [-0.1, -0.05) is 0 Å². The van der Waals surface area contributed by atoms with Crippen molar-refractivity contribution in [1.82, 2.24) is 25.2 Å². The maximum atomic E-state index is 13.0. The first-order valence-electron chi connectivity index (χ1n) is 8.90. The van der Waals surface area contributed by atoms with Crippen molar-refractivity contribution in [2.24, 2.45) is 5.92 Å². The van der Waals surface area contributed by atoms with Gasteiger partial charge in [0.15, 0.2) is 5.69 Å². The van der Waals surface area contributed by atoms with E-state index in [0.717, 1.165) is 38.4 Å². The molecule has 1 N–H and O–H groups in total. The number of rotatable bonds is 5. The zero-order valence-corrected chi connectivity index (χ0v) is 15.3. The highest BCUT2D eigenvalue weighted by molar-refractivity contribution is 5.92. The third kappa shape index (κ3) is 4.40. The predicted octanol–water partition coefficient (Wildman–Crippen LogP) is 2.43. The number of nitrogens with zero attached hydrogens (tertiary/aromatic N) is 4. The average Bonchev–Trinajstić information content (AvgIpc) is 3.35. The summed E-state index contributed by atoms with van der Waals surface area (Å²) < 4.78 is 13.0. The minimum atomic E-state index is -0.314. The van der Waals surface area contributed by atoms with Gasteiger partial charge in [-0.3, -0.25) is 4.79 Å². The molecule has 2 aliphatic rings. The van der Waals surface area contributed by atoms with Crippen molar-refractivity contribution in [1.29, 1.82) is 0 Å². The van der Waals surface area contributed by atoms with Gasteiger partial charge < -0.3 is 10.2 Å². The second kappa shape index (κ2) is 8.14. The molecule has 2 aromatic rings. The molecule has 0 spiro atoms. The van der Waals surface area contributed by atoms with Gasteiger partial charge in [-0.2, -0.15) is 9.90 Å². The topological polar surface area (TPSA) is 63.1 Å². The Morgan fingerprint density at radius 3 is 2.50 bits per heavy atom. The van der Waals surface area contributed by atoms with Crippen molar-refractivity contribution in [3.8, 4) is 5.69 Å². The molecular formula is C18H23ClFN5O. The van der Waals surface area contributed by atoms with Gasteiger partial charge in [0.2, 0.25) is 0 Å². The van der Waals surface area contributed by atoms with Crippen LogP contribution in [0.25, 0.3) is 5.69 Å². The molecule has 2 fully saturated rings. The Bertz CT molecular complexity index is 738. The molecule has 2 heterocycles. The average molecular weight is 380 g/mol. The summed E-state index contributed by atoms with van der Waals surface area (Å²) in [5.41, 5.74) is 0.956. The van der Waals surface area contributed by atoms with Crippen molar-refractivity contribution in [2.75, 3.05) is 19.6 Å². The van der Waals surface area contributed by atoms with Crippen LogP contribution in [0, 0.1) is 11.7 Å². The second-order valence-corrected chi connectivity index (χ2v) is 6.91. The lowest BCUT2D eigenvalue weighted by molar-refractivity contribution is 0.0698. The number of aromatic nitrogens is 3. The number of benzene rings is 1. The largest absolute Gasteiger partial charge is 0.337 e. The fraction of sp³-hybridized carbons (Fsp3) is 0.500. The lowest BCUT2D eigenvalue weighted by Crippen LogP contribution is -2.45. The van der Waals surface area contributed by atoms with Gasteiger partial charge >= 0.3 is 0 Å². The Hall–Kier alpha value is -1.99. The number of likely N-dealkylation sites (tertiary alicyclic amines) is 1. The van der Waals surface area contributed by atoms with Crippen LogP contribution >= 0.6 is 12.4 Å². The molecule has 0 bridgehead atoms. The molecule has 0 atom stereocenters. The van der Waals surface area contributed by atoms with E-state index in [-0.39, 0.29) is 24.1 Å². The molecule has 1 amide bonds. The molecular weight excluding hydrogens is 357 g/mol. The molecule has 26 heavy (non-hydrogen) atoms. The number of carbonyl (C=O) groups excluding carboxylic acids is 1. The lowest BCUT2D eigenvalue weighted by atomic mass is 10.0. The highest BCUT2D eigenvalue weighted by Gasteiger charge is 2.27. The van der Waals surface area contributed by atoms with E-state index in [1.165, 1.54) is 36.0 Å². The van der Waals surface area contributed by atoms with E-state index in [0.29, 0.717) is 17.4 Å². The predicted molar refractivity (Wildman–Crippen MR) is 98.2 cm³/mol. The Labute approximate surface area is 158 Å². The van der Waals surface area contributed by atoms with Crippen LogP contribution in [0.3, 0.4) is 0 Å². The van der Waals surface area contributed by atoms with Crippen LogP contribution in [0.15, 0.2) is 30.5 Å². The van der Waals surface area contributed by atoms with Crippen molar-refractivity contribution >= 4 is 18.3 Å². The molecule has 1 aliphatic heterocycles. The van der Waals surface area contributed by atoms with Crippen molar-refractivity contribution in [2.45, 2.75) is 31.7 Å². The Kier molecular flexibility index (Phi) is 5.88. The van der Waals surface area contributed by atoms with E-state index in [1.807, 2.05) is 4.90 Å². The summed E-state index contributed by atoms with van der Waals surface area (Å²) in [4.78, 5) is 15.8. The summed E-state index contributed by atoms with van der Waals surface area (Å²) in [7, 11) is 0. The molecule has 6 nitrogen and oxygen atoms in total. The highest BCUT2D eigenvalue weighted by atomic mass is 35.5. The molecule has 0 unspecified atom stereocenters. The van der Waals surface area contributed by atoms with Crippen molar-refractivity contribution < 1.29 is 9.18 Å². The molecule has 140 valence electrons. The van der Waals surface area contributed by atoms with E-state index in [4.69, 9.17) is 0 Å². The SMILES string of the molecule is Cl.O=C(c1cnn(-c2ccc(F)cc2)n1)N1CCC(NCC2CC2)CC1. The molecule has 0 radical (unpaired) electrons. The summed E-state index contributed by atoms with van der Waals surface area (Å²) in [6.07, 6.45) is 6.14. The first-order valence-corrected chi connectivity index (χ1v) is 8.90. The summed E-state index contributed by atoms with van der Waals surface area (Å²) in [6.45, 7) is 2.60. The van der Waals surface area contributed by atoms with Crippen LogP contribution in [0.4, 0.5) is 4.39 Å². The van der Waals surface area contributed by atoms with Gasteiger partial charge in [0.1, 0.15) is 5.82 Å². The summed E-state index contributed by atoms with van der Waals surface area (Å²) in [5, 5.41) is 12.0. The van der Waals surface area contributed by atoms with Crippen LogP contribution in [0.5, 0.6) is 0 Å². The number of piperidine rings is 1. The standard InChI is InChI=1S/C18H22FN5O.ClH/c19-14-3-5-16(6-4-14)24-21-12-17(22-24)18(25)23-9-7-15(8-10-23)20-11-13-1-2-13;/h3-6,12-13,15,20H,1-2,7-11H2;1H. The Balaban J connectivity index is 0.00000196.